The maximum atomic E-state index is 12.0. The Morgan fingerprint density at radius 1 is 1.28 bits per heavy atom. The summed E-state index contributed by atoms with van der Waals surface area (Å²) in [4.78, 5) is 0.337. The Hall–Kier alpha value is -0.390. The van der Waals surface area contributed by atoms with Gasteiger partial charge in [-0.05, 0) is 18.4 Å². The molecule has 1 aromatic rings. The number of hydrogen-bond acceptors (Lipinski definition) is 2. The molecular formula is C13H20BrNO2S. The monoisotopic (exact) mass is 333 g/mol. The lowest BCUT2D eigenvalue weighted by molar-refractivity contribution is 0.462. The Bertz CT molecular complexity index is 445. The molecule has 0 radical (unpaired) electrons. The van der Waals surface area contributed by atoms with Gasteiger partial charge in [-0.2, -0.15) is 0 Å². The van der Waals surface area contributed by atoms with Gasteiger partial charge in [-0.1, -0.05) is 53.2 Å². The summed E-state index contributed by atoms with van der Waals surface area (Å²) < 4.78 is 25.5. The molecule has 0 heterocycles. The quantitative estimate of drug-likeness (QED) is 0.719. The maximum Gasteiger partial charge on any atom is 0.214 e. The van der Waals surface area contributed by atoms with Crippen molar-refractivity contribution in [1.82, 2.24) is 4.31 Å². The number of nitrogens with zero attached hydrogens (tertiary/aromatic N) is 1. The maximum absolute atomic E-state index is 12.0. The van der Waals surface area contributed by atoms with Crippen molar-refractivity contribution in [3.05, 3.63) is 35.9 Å². The zero-order valence-electron chi connectivity index (χ0n) is 10.8. The van der Waals surface area contributed by atoms with Crippen LogP contribution in [0.1, 0.15) is 18.9 Å². The number of benzene rings is 1. The molecule has 1 aromatic carbocycles. The van der Waals surface area contributed by atoms with E-state index >= 15 is 0 Å². The molecule has 0 N–H and O–H groups in total. The van der Waals surface area contributed by atoms with Crippen LogP contribution in [0.25, 0.3) is 0 Å². The summed E-state index contributed by atoms with van der Waals surface area (Å²) in [5.74, 6) is 0.171. The lowest BCUT2D eigenvalue weighted by atomic mass is 10.2. The molecular weight excluding hydrogens is 314 g/mol. The molecule has 1 unspecified atom stereocenters. The molecule has 0 saturated carbocycles. The molecule has 0 aliphatic rings. The van der Waals surface area contributed by atoms with E-state index in [1.165, 1.54) is 4.31 Å². The molecule has 0 bridgehead atoms. The molecule has 0 amide bonds. The van der Waals surface area contributed by atoms with Crippen LogP contribution in [0, 0.1) is 0 Å². The average molecular weight is 334 g/mol. The van der Waals surface area contributed by atoms with E-state index < -0.39 is 10.0 Å². The molecule has 3 nitrogen and oxygen atoms in total. The number of alkyl halides is 1. The lowest BCUT2D eigenvalue weighted by Gasteiger charge is -2.17. The van der Waals surface area contributed by atoms with Crippen molar-refractivity contribution in [1.29, 1.82) is 0 Å². The van der Waals surface area contributed by atoms with Crippen LogP contribution in [-0.4, -0.2) is 36.9 Å². The van der Waals surface area contributed by atoms with E-state index in [2.05, 4.69) is 15.9 Å². The first-order chi connectivity index (χ1) is 8.42. The summed E-state index contributed by atoms with van der Waals surface area (Å²) in [6.07, 6.45) is 1.39. The van der Waals surface area contributed by atoms with Gasteiger partial charge in [0.25, 0.3) is 0 Å². The second kappa shape index (κ2) is 7.26. The fourth-order valence-electron chi connectivity index (χ4n) is 1.55. The minimum Gasteiger partial charge on any atom is -0.212 e. The number of sulfonamides is 1. The van der Waals surface area contributed by atoms with Crippen LogP contribution in [0.15, 0.2) is 30.3 Å². The van der Waals surface area contributed by atoms with Crippen LogP contribution >= 0.6 is 15.9 Å². The van der Waals surface area contributed by atoms with Crippen molar-refractivity contribution in [2.75, 3.05) is 19.3 Å². The Balaban J connectivity index is 2.49. The van der Waals surface area contributed by atoms with E-state index in [1.807, 2.05) is 37.3 Å². The van der Waals surface area contributed by atoms with Crippen molar-refractivity contribution in [3.63, 3.8) is 0 Å². The summed E-state index contributed by atoms with van der Waals surface area (Å²) in [6.45, 7) is 2.58. The molecule has 0 saturated heterocycles. The van der Waals surface area contributed by atoms with Crippen LogP contribution in [0.5, 0.6) is 0 Å². The molecule has 1 rings (SSSR count). The van der Waals surface area contributed by atoms with Gasteiger partial charge in [0.2, 0.25) is 10.0 Å². The van der Waals surface area contributed by atoms with Gasteiger partial charge in [0.05, 0.1) is 5.75 Å². The third kappa shape index (κ3) is 5.50. The molecule has 0 fully saturated rings. The van der Waals surface area contributed by atoms with Crippen molar-refractivity contribution in [3.8, 4) is 0 Å². The minimum atomic E-state index is -3.14. The highest BCUT2D eigenvalue weighted by atomic mass is 79.9. The molecule has 102 valence electrons. The summed E-state index contributed by atoms with van der Waals surface area (Å²) >= 11 is 3.42. The van der Waals surface area contributed by atoms with Crippen molar-refractivity contribution in [2.24, 2.45) is 0 Å². The second-order valence-corrected chi connectivity index (χ2v) is 8.20. The smallest absolute Gasteiger partial charge is 0.212 e. The van der Waals surface area contributed by atoms with Crippen LogP contribution in [0.4, 0.5) is 0 Å². The molecule has 5 heteroatoms. The number of hydrogen-bond donors (Lipinski definition) is 0. The fourth-order valence-corrected chi connectivity index (χ4v) is 2.94. The van der Waals surface area contributed by atoms with Crippen LogP contribution < -0.4 is 0 Å². The van der Waals surface area contributed by atoms with E-state index in [0.29, 0.717) is 17.8 Å². The molecule has 0 aromatic heterocycles. The zero-order chi connectivity index (χ0) is 13.6. The zero-order valence-corrected chi connectivity index (χ0v) is 13.2. The fraction of sp³-hybridized carbons (Fsp3) is 0.538. The van der Waals surface area contributed by atoms with Gasteiger partial charge >= 0.3 is 0 Å². The van der Waals surface area contributed by atoms with Gasteiger partial charge in [0, 0.05) is 18.4 Å². The standard InChI is InChI=1S/C13H20BrNO2S/c1-12(14)8-10-15(2)18(16,17)11-9-13-6-4-3-5-7-13/h3-7,12H,8-11H2,1-2H3. The Morgan fingerprint density at radius 2 is 1.89 bits per heavy atom. The van der Waals surface area contributed by atoms with Gasteiger partial charge in [0.1, 0.15) is 0 Å². The molecule has 0 aliphatic heterocycles. The molecule has 1 atom stereocenters. The average Bonchev–Trinajstić information content (AvgIpc) is 2.34. The first-order valence-electron chi connectivity index (χ1n) is 6.04. The SMILES string of the molecule is CC(Br)CCN(C)S(=O)(=O)CCc1ccccc1. The third-order valence-electron chi connectivity index (χ3n) is 2.81. The highest BCUT2D eigenvalue weighted by molar-refractivity contribution is 9.09. The van der Waals surface area contributed by atoms with Gasteiger partial charge in [-0.25, -0.2) is 12.7 Å². The van der Waals surface area contributed by atoms with Crippen LogP contribution in [0.2, 0.25) is 0 Å². The predicted molar refractivity (Wildman–Crippen MR) is 79.6 cm³/mol. The third-order valence-corrected chi connectivity index (χ3v) is 5.12. The Kier molecular flexibility index (Phi) is 6.32. The van der Waals surface area contributed by atoms with Crippen LogP contribution in [0.3, 0.4) is 0 Å². The van der Waals surface area contributed by atoms with Gasteiger partial charge in [0.15, 0.2) is 0 Å². The Morgan fingerprint density at radius 3 is 2.44 bits per heavy atom. The Labute approximate surface area is 118 Å². The number of rotatable bonds is 7. The summed E-state index contributed by atoms with van der Waals surface area (Å²) in [7, 11) is -1.49. The predicted octanol–water partition coefficient (Wildman–Crippen LogP) is 2.66. The topological polar surface area (TPSA) is 37.4 Å². The van der Waals surface area contributed by atoms with E-state index in [9.17, 15) is 8.42 Å². The van der Waals surface area contributed by atoms with E-state index in [-0.39, 0.29) is 5.75 Å². The first-order valence-corrected chi connectivity index (χ1v) is 8.56. The van der Waals surface area contributed by atoms with Crippen molar-refractivity contribution < 1.29 is 8.42 Å². The van der Waals surface area contributed by atoms with Crippen molar-refractivity contribution >= 4 is 26.0 Å². The lowest BCUT2D eigenvalue weighted by Crippen LogP contribution is -2.31. The summed E-state index contributed by atoms with van der Waals surface area (Å²) in [5.41, 5.74) is 1.06. The normalized spacial score (nSPS) is 13.8. The van der Waals surface area contributed by atoms with Crippen LogP contribution in [-0.2, 0) is 16.4 Å². The highest BCUT2D eigenvalue weighted by Crippen LogP contribution is 2.09. The molecule has 0 spiro atoms. The van der Waals surface area contributed by atoms with Crippen molar-refractivity contribution in [2.45, 2.75) is 24.6 Å². The molecule has 18 heavy (non-hydrogen) atoms. The summed E-state index contributed by atoms with van der Waals surface area (Å²) in [5, 5.41) is 0. The highest BCUT2D eigenvalue weighted by Gasteiger charge is 2.17. The van der Waals surface area contributed by atoms with E-state index in [4.69, 9.17) is 0 Å². The van der Waals surface area contributed by atoms with Gasteiger partial charge in [-0.15, -0.1) is 0 Å². The largest absolute Gasteiger partial charge is 0.214 e. The summed E-state index contributed by atoms with van der Waals surface area (Å²) in [6, 6.07) is 9.70. The van der Waals surface area contributed by atoms with Gasteiger partial charge < -0.3 is 0 Å². The first kappa shape index (κ1) is 15.7. The number of halogens is 1. The minimum absolute atomic E-state index is 0.171. The van der Waals surface area contributed by atoms with Gasteiger partial charge in [-0.3, -0.25) is 0 Å². The van der Waals surface area contributed by atoms with E-state index in [1.54, 1.807) is 7.05 Å². The van der Waals surface area contributed by atoms with E-state index in [0.717, 1.165) is 12.0 Å². The number of aryl methyl sites for hydroxylation is 1. The molecule has 0 aliphatic carbocycles. The second-order valence-electron chi connectivity index (χ2n) is 4.44.